The number of ether oxygens (including phenoxy) is 3. The Kier molecular flexibility index (Phi) is 8.41. The van der Waals surface area contributed by atoms with E-state index in [0.29, 0.717) is 19.8 Å². The lowest BCUT2D eigenvalue weighted by Crippen LogP contribution is -2.34. The van der Waals surface area contributed by atoms with Crippen LogP contribution in [0.15, 0.2) is 48.5 Å². The molecule has 0 aliphatic rings. The Hall–Kier alpha value is -2.08. The smallest absolute Gasteiger partial charge is 0.124 e. The number of para-hydroxylation sites is 1. The van der Waals surface area contributed by atoms with Crippen LogP contribution in [-0.4, -0.2) is 56.6 Å². The molecular formula is C21H29NO4. The topological polar surface area (TPSA) is 51.2 Å². The molecule has 0 saturated heterocycles. The molecule has 2 rings (SSSR count). The summed E-state index contributed by atoms with van der Waals surface area (Å²) in [6, 6.07) is 15.7. The van der Waals surface area contributed by atoms with E-state index in [1.807, 2.05) is 60.5 Å². The summed E-state index contributed by atoms with van der Waals surface area (Å²) in [7, 11) is 3.60. The molecule has 1 atom stereocenters. The third-order valence-corrected chi connectivity index (χ3v) is 4.05. The van der Waals surface area contributed by atoms with Gasteiger partial charge in [-0.05, 0) is 32.2 Å². The van der Waals surface area contributed by atoms with Crippen LogP contribution in [-0.2, 0) is 11.3 Å². The summed E-state index contributed by atoms with van der Waals surface area (Å²) in [6.45, 7) is 4.59. The highest BCUT2D eigenvalue weighted by Gasteiger charge is 2.10. The Bertz CT molecular complexity index is 645. The van der Waals surface area contributed by atoms with Crippen LogP contribution in [0.3, 0.4) is 0 Å². The summed E-state index contributed by atoms with van der Waals surface area (Å²) in [4.78, 5) is 2.03. The highest BCUT2D eigenvalue weighted by molar-refractivity contribution is 5.32. The number of methoxy groups -OCH3 is 1. The fraction of sp³-hybridized carbons (Fsp3) is 0.429. The van der Waals surface area contributed by atoms with E-state index in [2.05, 4.69) is 6.92 Å². The molecule has 2 aromatic rings. The number of rotatable bonds is 11. The Morgan fingerprint density at radius 3 is 2.54 bits per heavy atom. The summed E-state index contributed by atoms with van der Waals surface area (Å²) in [5.74, 6) is 1.66. The van der Waals surface area contributed by atoms with Gasteiger partial charge in [0.05, 0.1) is 26.4 Å². The van der Waals surface area contributed by atoms with Crippen LogP contribution in [0.4, 0.5) is 0 Å². The van der Waals surface area contributed by atoms with E-state index in [4.69, 9.17) is 14.2 Å². The average molecular weight is 359 g/mol. The molecule has 0 radical (unpaired) electrons. The Morgan fingerprint density at radius 2 is 1.81 bits per heavy atom. The molecule has 0 aliphatic carbocycles. The first-order valence-electron chi connectivity index (χ1n) is 8.84. The maximum atomic E-state index is 10.1. The summed E-state index contributed by atoms with van der Waals surface area (Å²) in [5.41, 5.74) is 2.19. The van der Waals surface area contributed by atoms with Crippen molar-refractivity contribution in [3.63, 3.8) is 0 Å². The van der Waals surface area contributed by atoms with Gasteiger partial charge in [0.15, 0.2) is 0 Å². The monoisotopic (exact) mass is 359 g/mol. The molecule has 1 unspecified atom stereocenters. The fourth-order valence-corrected chi connectivity index (χ4v) is 2.58. The molecule has 142 valence electrons. The number of aliphatic hydroxyl groups is 1. The van der Waals surface area contributed by atoms with E-state index < -0.39 is 6.10 Å². The first kappa shape index (κ1) is 20.2. The van der Waals surface area contributed by atoms with Crippen molar-refractivity contribution < 1.29 is 19.3 Å². The van der Waals surface area contributed by atoms with Crippen LogP contribution in [0.25, 0.3) is 0 Å². The minimum Gasteiger partial charge on any atom is -0.496 e. The van der Waals surface area contributed by atoms with Gasteiger partial charge in [-0.2, -0.15) is 0 Å². The third-order valence-electron chi connectivity index (χ3n) is 4.05. The summed E-state index contributed by atoms with van der Waals surface area (Å²) in [5, 5.41) is 10.1. The molecule has 1 N–H and O–H groups in total. The minimum absolute atomic E-state index is 0.279. The molecule has 0 bridgehead atoms. The van der Waals surface area contributed by atoms with Crippen LogP contribution < -0.4 is 9.47 Å². The molecule has 0 amide bonds. The number of benzene rings is 2. The Labute approximate surface area is 156 Å². The molecule has 5 nitrogen and oxygen atoms in total. The zero-order chi connectivity index (χ0) is 18.8. The van der Waals surface area contributed by atoms with Crippen molar-refractivity contribution >= 4 is 0 Å². The zero-order valence-electron chi connectivity index (χ0n) is 15.9. The molecule has 26 heavy (non-hydrogen) atoms. The lowest BCUT2D eigenvalue weighted by atomic mass is 10.2. The SMILES string of the molecule is COc1ccccc1COCC(O)CN(C)CCOc1ccc(C)cc1. The largest absolute Gasteiger partial charge is 0.496 e. The van der Waals surface area contributed by atoms with Crippen LogP contribution in [0.5, 0.6) is 11.5 Å². The first-order chi connectivity index (χ1) is 12.6. The van der Waals surface area contributed by atoms with E-state index in [9.17, 15) is 5.11 Å². The quantitative estimate of drug-likeness (QED) is 0.669. The Balaban J connectivity index is 1.62. The third kappa shape index (κ3) is 7.04. The van der Waals surface area contributed by atoms with Crippen LogP contribution in [0.2, 0.25) is 0 Å². The normalized spacial score (nSPS) is 12.2. The van der Waals surface area contributed by atoms with Gasteiger partial charge in [-0.1, -0.05) is 35.9 Å². The predicted molar refractivity (Wildman–Crippen MR) is 103 cm³/mol. The van der Waals surface area contributed by atoms with E-state index in [1.165, 1.54) is 5.56 Å². The molecule has 0 aromatic heterocycles. The summed E-state index contributed by atoms with van der Waals surface area (Å²) < 4.78 is 16.6. The number of hydrogen-bond acceptors (Lipinski definition) is 5. The van der Waals surface area contributed by atoms with Crippen molar-refractivity contribution in [2.45, 2.75) is 19.6 Å². The maximum Gasteiger partial charge on any atom is 0.124 e. The maximum absolute atomic E-state index is 10.1. The molecular weight excluding hydrogens is 330 g/mol. The van der Waals surface area contributed by atoms with E-state index in [0.717, 1.165) is 23.6 Å². The van der Waals surface area contributed by atoms with Gasteiger partial charge in [-0.25, -0.2) is 0 Å². The molecule has 2 aromatic carbocycles. The van der Waals surface area contributed by atoms with Crippen LogP contribution in [0, 0.1) is 6.92 Å². The van der Waals surface area contributed by atoms with Crippen molar-refractivity contribution in [1.82, 2.24) is 4.90 Å². The Morgan fingerprint density at radius 1 is 1.08 bits per heavy atom. The first-order valence-corrected chi connectivity index (χ1v) is 8.84. The molecule has 5 heteroatoms. The zero-order valence-corrected chi connectivity index (χ0v) is 15.9. The van der Waals surface area contributed by atoms with Gasteiger partial charge < -0.3 is 24.2 Å². The van der Waals surface area contributed by atoms with Crippen molar-refractivity contribution in [3.8, 4) is 11.5 Å². The molecule has 0 saturated carbocycles. The van der Waals surface area contributed by atoms with Crippen molar-refractivity contribution in [2.75, 3.05) is 40.5 Å². The lowest BCUT2D eigenvalue weighted by molar-refractivity contribution is 0.0118. The van der Waals surface area contributed by atoms with Gasteiger partial charge in [0.1, 0.15) is 18.1 Å². The predicted octanol–water partition coefficient (Wildman–Crippen LogP) is 2.89. The van der Waals surface area contributed by atoms with Crippen molar-refractivity contribution in [1.29, 1.82) is 0 Å². The van der Waals surface area contributed by atoms with E-state index in [-0.39, 0.29) is 6.61 Å². The second-order valence-electron chi connectivity index (χ2n) is 6.40. The number of nitrogens with zero attached hydrogens (tertiary/aromatic N) is 1. The standard InChI is InChI=1S/C21H29NO4/c1-17-8-10-20(11-9-17)26-13-12-22(2)14-19(23)16-25-15-18-6-4-5-7-21(18)24-3/h4-11,19,23H,12-16H2,1-3H3. The molecule has 0 aliphatic heterocycles. The van der Waals surface area contributed by atoms with Gasteiger partial charge in [0.25, 0.3) is 0 Å². The number of aliphatic hydroxyl groups excluding tert-OH is 1. The molecule has 0 spiro atoms. The summed E-state index contributed by atoms with van der Waals surface area (Å²) >= 11 is 0. The van der Waals surface area contributed by atoms with Crippen LogP contribution in [0.1, 0.15) is 11.1 Å². The van der Waals surface area contributed by atoms with Crippen molar-refractivity contribution in [3.05, 3.63) is 59.7 Å². The van der Waals surface area contributed by atoms with E-state index in [1.54, 1.807) is 7.11 Å². The highest BCUT2D eigenvalue weighted by Crippen LogP contribution is 2.18. The molecule has 0 heterocycles. The van der Waals surface area contributed by atoms with Gasteiger partial charge in [0, 0.05) is 18.7 Å². The van der Waals surface area contributed by atoms with Gasteiger partial charge in [-0.15, -0.1) is 0 Å². The molecule has 0 fully saturated rings. The minimum atomic E-state index is -0.547. The van der Waals surface area contributed by atoms with Gasteiger partial charge in [0.2, 0.25) is 0 Å². The second kappa shape index (κ2) is 10.8. The number of aryl methyl sites for hydroxylation is 1. The summed E-state index contributed by atoms with van der Waals surface area (Å²) in [6.07, 6.45) is -0.547. The van der Waals surface area contributed by atoms with Gasteiger partial charge in [-0.3, -0.25) is 0 Å². The van der Waals surface area contributed by atoms with Crippen molar-refractivity contribution in [2.24, 2.45) is 0 Å². The lowest BCUT2D eigenvalue weighted by Gasteiger charge is -2.21. The highest BCUT2D eigenvalue weighted by atomic mass is 16.5. The average Bonchev–Trinajstić information content (AvgIpc) is 2.63. The number of likely N-dealkylation sites (N-methyl/N-ethyl adjacent to an activating group) is 1. The number of hydrogen-bond donors (Lipinski definition) is 1. The fourth-order valence-electron chi connectivity index (χ4n) is 2.58. The van der Waals surface area contributed by atoms with E-state index >= 15 is 0 Å². The second-order valence-corrected chi connectivity index (χ2v) is 6.40. The van der Waals surface area contributed by atoms with Gasteiger partial charge >= 0.3 is 0 Å². The van der Waals surface area contributed by atoms with Crippen LogP contribution >= 0.6 is 0 Å².